The number of nitrogens with one attached hydrogen (secondary N) is 1. The maximum Gasteiger partial charge on any atom is 0.251 e. The summed E-state index contributed by atoms with van der Waals surface area (Å²) in [5.41, 5.74) is 3.03. The lowest BCUT2D eigenvalue weighted by atomic mass is 10.1. The molecule has 1 aliphatic rings. The lowest BCUT2D eigenvalue weighted by Gasteiger charge is -2.16. The lowest BCUT2D eigenvalue weighted by Crippen LogP contribution is -2.27. The smallest absolute Gasteiger partial charge is 0.251 e. The minimum absolute atomic E-state index is 0.161. The minimum atomic E-state index is -3.27. The number of pyridine rings is 1. The molecule has 0 saturated heterocycles. The van der Waals surface area contributed by atoms with Gasteiger partial charge in [-0.3, -0.25) is 14.1 Å². The van der Waals surface area contributed by atoms with Crippen molar-refractivity contribution in [1.29, 1.82) is 0 Å². The van der Waals surface area contributed by atoms with Gasteiger partial charge >= 0.3 is 0 Å². The molecule has 0 radical (unpaired) electrons. The third-order valence-corrected chi connectivity index (χ3v) is 5.17. The fourth-order valence-corrected chi connectivity index (χ4v) is 3.77. The number of benzene rings is 1. The highest BCUT2D eigenvalue weighted by Gasteiger charge is 2.26. The number of carbonyl (C=O) groups excluding carboxylic acids is 1. The molecule has 24 heavy (non-hydrogen) atoms. The van der Waals surface area contributed by atoms with Gasteiger partial charge in [0.25, 0.3) is 5.91 Å². The van der Waals surface area contributed by atoms with Crippen molar-refractivity contribution in [2.45, 2.75) is 12.8 Å². The molecule has 2 aromatic rings. The van der Waals surface area contributed by atoms with Gasteiger partial charge in [0.1, 0.15) is 0 Å². The number of anilines is 1. The van der Waals surface area contributed by atoms with E-state index in [1.807, 2.05) is 18.2 Å². The molecule has 1 aliphatic heterocycles. The van der Waals surface area contributed by atoms with Crippen molar-refractivity contribution in [3.63, 3.8) is 0 Å². The van der Waals surface area contributed by atoms with Gasteiger partial charge in [-0.15, -0.1) is 0 Å². The average molecular weight is 345 g/mol. The van der Waals surface area contributed by atoms with E-state index in [-0.39, 0.29) is 5.91 Å². The van der Waals surface area contributed by atoms with E-state index in [0.717, 1.165) is 11.3 Å². The molecule has 126 valence electrons. The monoisotopic (exact) mass is 345 g/mol. The summed E-state index contributed by atoms with van der Waals surface area (Å²) in [5.74, 6) is -0.161. The largest absolute Gasteiger partial charge is 0.352 e. The summed E-state index contributed by atoms with van der Waals surface area (Å²) >= 11 is 0. The molecule has 0 bridgehead atoms. The molecule has 1 N–H and O–H groups in total. The first-order chi connectivity index (χ1) is 11.4. The topological polar surface area (TPSA) is 79.4 Å². The van der Waals surface area contributed by atoms with Gasteiger partial charge in [-0.05, 0) is 42.3 Å². The molecule has 1 amide bonds. The molecule has 0 fully saturated rings. The van der Waals surface area contributed by atoms with Crippen LogP contribution in [0.25, 0.3) is 0 Å². The van der Waals surface area contributed by atoms with E-state index in [0.29, 0.717) is 37.2 Å². The van der Waals surface area contributed by atoms with Crippen molar-refractivity contribution >= 4 is 21.6 Å². The van der Waals surface area contributed by atoms with Crippen LogP contribution < -0.4 is 9.62 Å². The number of nitrogens with zero attached hydrogens (tertiary/aromatic N) is 2. The highest BCUT2D eigenvalue weighted by atomic mass is 32.2. The number of hydrogen-bond donors (Lipinski definition) is 1. The molecule has 2 heterocycles. The summed E-state index contributed by atoms with van der Waals surface area (Å²) < 4.78 is 24.8. The Morgan fingerprint density at radius 1 is 1.29 bits per heavy atom. The van der Waals surface area contributed by atoms with Crippen LogP contribution in [0.1, 0.15) is 21.6 Å². The molecule has 0 aliphatic carbocycles. The maximum absolute atomic E-state index is 12.2. The Morgan fingerprint density at radius 2 is 2.12 bits per heavy atom. The van der Waals surface area contributed by atoms with Gasteiger partial charge < -0.3 is 5.32 Å². The van der Waals surface area contributed by atoms with Crippen molar-refractivity contribution in [3.05, 3.63) is 59.4 Å². The van der Waals surface area contributed by atoms with Crippen LogP contribution in [0, 0.1) is 0 Å². The summed E-state index contributed by atoms with van der Waals surface area (Å²) in [6.07, 6.45) is 4.21. The highest BCUT2D eigenvalue weighted by molar-refractivity contribution is 7.92. The van der Waals surface area contributed by atoms with E-state index in [1.54, 1.807) is 24.4 Å². The number of fused-ring (bicyclic) bond motifs is 1. The molecule has 1 aromatic heterocycles. The van der Waals surface area contributed by atoms with Crippen LogP contribution in [0.2, 0.25) is 0 Å². The van der Waals surface area contributed by atoms with Crippen molar-refractivity contribution in [3.8, 4) is 0 Å². The van der Waals surface area contributed by atoms with Crippen LogP contribution >= 0.6 is 0 Å². The second kappa shape index (κ2) is 6.60. The predicted molar refractivity (Wildman–Crippen MR) is 92.6 cm³/mol. The van der Waals surface area contributed by atoms with Crippen molar-refractivity contribution in [2.24, 2.45) is 0 Å². The standard InChI is InChI=1S/C17H19N3O3S/c1-24(22,23)20-11-8-13-12-14(5-6-16(13)20)17(21)19-10-7-15-4-2-3-9-18-15/h2-6,9,12H,7-8,10-11H2,1H3,(H,19,21). The number of rotatable bonds is 5. The Morgan fingerprint density at radius 3 is 2.83 bits per heavy atom. The van der Waals surface area contributed by atoms with Crippen LogP contribution in [0.15, 0.2) is 42.6 Å². The van der Waals surface area contributed by atoms with E-state index in [9.17, 15) is 13.2 Å². The first kappa shape index (κ1) is 16.4. The molecular formula is C17H19N3O3S. The van der Waals surface area contributed by atoms with Crippen molar-refractivity contribution in [1.82, 2.24) is 10.3 Å². The van der Waals surface area contributed by atoms with Gasteiger partial charge in [0.15, 0.2) is 0 Å². The van der Waals surface area contributed by atoms with E-state index in [4.69, 9.17) is 0 Å². The van der Waals surface area contributed by atoms with E-state index in [2.05, 4.69) is 10.3 Å². The van der Waals surface area contributed by atoms with Crippen LogP contribution in [0.5, 0.6) is 0 Å². The van der Waals surface area contributed by atoms with E-state index >= 15 is 0 Å². The Balaban J connectivity index is 1.65. The SMILES string of the molecule is CS(=O)(=O)N1CCc2cc(C(=O)NCCc3ccccn3)ccc21. The zero-order valence-corrected chi connectivity index (χ0v) is 14.2. The first-order valence-electron chi connectivity index (χ1n) is 7.74. The molecule has 1 aromatic carbocycles. The third kappa shape index (κ3) is 3.56. The fourth-order valence-electron chi connectivity index (χ4n) is 2.81. The zero-order valence-electron chi connectivity index (χ0n) is 13.4. The molecule has 0 saturated carbocycles. The Hall–Kier alpha value is -2.41. The van der Waals surface area contributed by atoms with Crippen LogP contribution in [0.4, 0.5) is 5.69 Å². The summed E-state index contributed by atoms with van der Waals surface area (Å²) in [4.78, 5) is 16.5. The maximum atomic E-state index is 12.2. The first-order valence-corrected chi connectivity index (χ1v) is 9.59. The van der Waals surface area contributed by atoms with Crippen molar-refractivity contribution < 1.29 is 13.2 Å². The minimum Gasteiger partial charge on any atom is -0.352 e. The second-order valence-corrected chi connectivity index (χ2v) is 7.66. The number of aromatic nitrogens is 1. The van der Waals surface area contributed by atoms with Crippen LogP contribution in [0.3, 0.4) is 0 Å². The zero-order chi connectivity index (χ0) is 17.2. The van der Waals surface area contributed by atoms with Crippen LogP contribution in [-0.4, -0.2) is 38.7 Å². The number of sulfonamides is 1. The Labute approximate surface area is 141 Å². The van der Waals surface area contributed by atoms with Gasteiger partial charge in [-0.2, -0.15) is 0 Å². The number of amides is 1. The number of hydrogen-bond acceptors (Lipinski definition) is 4. The molecule has 0 spiro atoms. The lowest BCUT2D eigenvalue weighted by molar-refractivity contribution is 0.0954. The van der Waals surface area contributed by atoms with Gasteiger partial charge in [-0.25, -0.2) is 8.42 Å². The second-order valence-electron chi connectivity index (χ2n) is 5.76. The Kier molecular flexibility index (Phi) is 4.53. The molecule has 0 unspecified atom stereocenters. The van der Waals surface area contributed by atoms with Gasteiger partial charge in [0, 0.05) is 37.0 Å². The van der Waals surface area contributed by atoms with Gasteiger partial charge in [0.05, 0.1) is 11.9 Å². The van der Waals surface area contributed by atoms with E-state index in [1.165, 1.54) is 10.6 Å². The van der Waals surface area contributed by atoms with Crippen LogP contribution in [-0.2, 0) is 22.9 Å². The Bertz CT molecular complexity index is 851. The average Bonchev–Trinajstić information content (AvgIpc) is 2.99. The molecule has 0 atom stereocenters. The van der Waals surface area contributed by atoms with E-state index < -0.39 is 10.0 Å². The van der Waals surface area contributed by atoms with Gasteiger partial charge in [-0.1, -0.05) is 6.07 Å². The summed E-state index contributed by atoms with van der Waals surface area (Å²) in [6.45, 7) is 0.932. The molecule has 7 heteroatoms. The number of carbonyl (C=O) groups is 1. The highest BCUT2D eigenvalue weighted by Crippen LogP contribution is 2.30. The summed E-state index contributed by atoms with van der Waals surface area (Å²) in [6, 6.07) is 10.8. The normalized spacial score (nSPS) is 13.6. The fraction of sp³-hybridized carbons (Fsp3) is 0.294. The van der Waals surface area contributed by atoms with Crippen molar-refractivity contribution in [2.75, 3.05) is 23.7 Å². The molecular weight excluding hydrogens is 326 g/mol. The summed E-state index contributed by atoms with van der Waals surface area (Å²) in [7, 11) is -3.27. The molecule has 3 rings (SSSR count). The predicted octanol–water partition coefficient (Wildman–Crippen LogP) is 1.38. The third-order valence-electron chi connectivity index (χ3n) is 3.99. The quantitative estimate of drug-likeness (QED) is 0.888. The summed E-state index contributed by atoms with van der Waals surface area (Å²) in [5, 5.41) is 2.87. The van der Waals surface area contributed by atoms with Gasteiger partial charge in [0.2, 0.25) is 10.0 Å². The molecule has 6 nitrogen and oxygen atoms in total.